The Morgan fingerprint density at radius 3 is 2.68 bits per heavy atom. The Kier molecular flexibility index (Phi) is 4.92. The van der Waals surface area contributed by atoms with Crippen LogP contribution in [0, 0.1) is 0 Å². The molecule has 0 aliphatic carbocycles. The van der Waals surface area contributed by atoms with Gasteiger partial charge in [-0.1, -0.05) is 24.2 Å². The van der Waals surface area contributed by atoms with E-state index in [1.165, 1.54) is 10.7 Å². The number of aryl methyl sites for hydroxylation is 1. The van der Waals surface area contributed by atoms with Gasteiger partial charge in [-0.15, -0.1) is 0 Å². The molecule has 0 unspecified atom stereocenters. The number of hydrogen-bond acceptors (Lipinski definition) is 5. The number of amides is 1. The number of nitrogens with one attached hydrogen (secondary N) is 1. The third-order valence-corrected chi connectivity index (χ3v) is 4.10. The van der Waals surface area contributed by atoms with Crippen molar-refractivity contribution in [3.05, 3.63) is 52.3 Å². The topological polar surface area (TPSA) is 85.6 Å². The maximum Gasteiger partial charge on any atom is 0.266 e. The molecule has 0 saturated heterocycles. The fourth-order valence-electron chi connectivity index (χ4n) is 2.56. The molecule has 0 fully saturated rings. The summed E-state index contributed by atoms with van der Waals surface area (Å²) < 4.78 is 1.28. The van der Waals surface area contributed by atoms with Gasteiger partial charge in [-0.2, -0.15) is 5.10 Å². The minimum Gasteiger partial charge on any atom is -0.390 e. The number of oxime groups is 1. The van der Waals surface area contributed by atoms with Crippen LogP contribution in [-0.2, 0) is 11.9 Å². The Morgan fingerprint density at radius 2 is 2.04 bits per heavy atom. The van der Waals surface area contributed by atoms with Crippen molar-refractivity contribution in [1.29, 1.82) is 0 Å². The van der Waals surface area contributed by atoms with Gasteiger partial charge in [0.2, 0.25) is 0 Å². The molecule has 1 aliphatic rings. The molecule has 1 aromatic carbocycles. The molecular weight excluding hydrogens is 320 g/mol. The fraction of sp³-hybridized carbons (Fsp3) is 0.333. The Morgan fingerprint density at radius 1 is 1.28 bits per heavy atom. The van der Waals surface area contributed by atoms with E-state index < -0.39 is 0 Å². The summed E-state index contributed by atoms with van der Waals surface area (Å²) in [4.78, 5) is 28.9. The second kappa shape index (κ2) is 7.29. The first kappa shape index (κ1) is 16.9. The zero-order chi connectivity index (χ0) is 17.8. The van der Waals surface area contributed by atoms with Crippen LogP contribution in [0.4, 0.5) is 0 Å². The largest absolute Gasteiger partial charge is 0.390 e. The van der Waals surface area contributed by atoms with E-state index in [2.05, 4.69) is 15.6 Å². The van der Waals surface area contributed by atoms with E-state index in [1.807, 2.05) is 19.1 Å². The molecule has 130 valence electrons. The third kappa shape index (κ3) is 3.93. The lowest BCUT2D eigenvalue weighted by atomic mass is 10.1. The molecule has 7 nitrogen and oxygen atoms in total. The number of rotatable bonds is 5. The summed E-state index contributed by atoms with van der Waals surface area (Å²) in [5.74, 6) is -0.159. The van der Waals surface area contributed by atoms with Crippen LogP contribution in [0.15, 0.2) is 46.3 Å². The maximum absolute atomic E-state index is 12.2. The number of hydrogen-bond donors (Lipinski definition) is 1. The van der Waals surface area contributed by atoms with Crippen LogP contribution >= 0.6 is 0 Å². The summed E-state index contributed by atoms with van der Waals surface area (Å²) in [7, 11) is 1.60. The molecule has 0 radical (unpaired) electrons. The fourth-order valence-corrected chi connectivity index (χ4v) is 2.56. The molecule has 0 saturated carbocycles. The average molecular weight is 340 g/mol. The molecule has 0 spiro atoms. The van der Waals surface area contributed by atoms with Crippen molar-refractivity contribution in [2.24, 2.45) is 12.2 Å². The van der Waals surface area contributed by atoms with E-state index >= 15 is 0 Å². The highest BCUT2D eigenvalue weighted by Gasteiger charge is 2.20. The van der Waals surface area contributed by atoms with Crippen molar-refractivity contribution >= 4 is 11.6 Å². The van der Waals surface area contributed by atoms with Gasteiger partial charge in [0, 0.05) is 30.7 Å². The lowest BCUT2D eigenvalue weighted by molar-refractivity contribution is 0.0753. The minimum atomic E-state index is -0.163. The Labute approximate surface area is 145 Å². The van der Waals surface area contributed by atoms with Gasteiger partial charge in [0.25, 0.3) is 11.5 Å². The standard InChI is InChI=1S/C18H20N4O3/c1-3-14-10-15(25-21-14)11-19-18(24)13-6-4-12(5-7-13)16-8-9-17(23)22(2)20-16/h4-9,15H,3,10-11H2,1-2H3,(H,19,24)/t15-/m0/s1. The molecule has 2 heterocycles. The van der Waals surface area contributed by atoms with Crippen LogP contribution in [0.25, 0.3) is 11.3 Å². The summed E-state index contributed by atoms with van der Waals surface area (Å²) in [6.45, 7) is 2.46. The highest BCUT2D eigenvalue weighted by Crippen LogP contribution is 2.16. The van der Waals surface area contributed by atoms with E-state index in [9.17, 15) is 9.59 Å². The summed E-state index contributed by atoms with van der Waals surface area (Å²) in [5, 5.41) is 11.0. The first-order valence-corrected chi connectivity index (χ1v) is 8.21. The van der Waals surface area contributed by atoms with E-state index in [4.69, 9.17) is 4.84 Å². The second-order valence-corrected chi connectivity index (χ2v) is 5.91. The molecule has 1 atom stereocenters. The quantitative estimate of drug-likeness (QED) is 0.898. The van der Waals surface area contributed by atoms with Gasteiger partial charge in [-0.25, -0.2) is 4.68 Å². The van der Waals surface area contributed by atoms with Crippen LogP contribution in [0.5, 0.6) is 0 Å². The molecule has 1 aromatic heterocycles. The Hall–Kier alpha value is -2.96. The molecule has 25 heavy (non-hydrogen) atoms. The van der Waals surface area contributed by atoms with Crippen molar-refractivity contribution in [1.82, 2.24) is 15.1 Å². The van der Waals surface area contributed by atoms with E-state index in [0.29, 0.717) is 17.8 Å². The Balaban J connectivity index is 1.61. The summed E-state index contributed by atoms with van der Waals surface area (Å²) in [5.41, 5.74) is 2.94. The van der Waals surface area contributed by atoms with E-state index in [0.717, 1.165) is 24.1 Å². The van der Waals surface area contributed by atoms with Crippen LogP contribution in [0.2, 0.25) is 0 Å². The predicted octanol–water partition coefficient (Wildman–Crippen LogP) is 1.73. The number of carbonyl (C=O) groups is 1. The van der Waals surface area contributed by atoms with Gasteiger partial charge in [-0.05, 0) is 24.6 Å². The maximum atomic E-state index is 12.2. The van der Waals surface area contributed by atoms with E-state index in [-0.39, 0.29) is 17.6 Å². The van der Waals surface area contributed by atoms with Crippen molar-refractivity contribution in [2.75, 3.05) is 6.54 Å². The molecule has 2 aromatic rings. The van der Waals surface area contributed by atoms with Crippen molar-refractivity contribution in [2.45, 2.75) is 25.9 Å². The number of carbonyl (C=O) groups excluding carboxylic acids is 1. The van der Waals surface area contributed by atoms with Crippen molar-refractivity contribution < 1.29 is 9.63 Å². The smallest absolute Gasteiger partial charge is 0.266 e. The van der Waals surface area contributed by atoms with Crippen LogP contribution in [0.3, 0.4) is 0 Å². The minimum absolute atomic E-state index is 0.0898. The molecular formula is C18H20N4O3. The first-order chi connectivity index (χ1) is 12.1. The number of aromatic nitrogens is 2. The second-order valence-electron chi connectivity index (χ2n) is 5.91. The average Bonchev–Trinajstić information content (AvgIpc) is 3.10. The molecule has 1 N–H and O–H groups in total. The normalized spacial score (nSPS) is 16.2. The van der Waals surface area contributed by atoms with Crippen molar-refractivity contribution in [3.8, 4) is 11.3 Å². The Bertz CT molecular complexity index is 855. The lowest BCUT2D eigenvalue weighted by Crippen LogP contribution is -2.32. The van der Waals surface area contributed by atoms with Crippen LogP contribution in [-0.4, -0.2) is 34.0 Å². The van der Waals surface area contributed by atoms with Crippen LogP contribution in [0.1, 0.15) is 30.1 Å². The zero-order valence-electron chi connectivity index (χ0n) is 14.2. The van der Waals surface area contributed by atoms with Gasteiger partial charge >= 0.3 is 0 Å². The monoisotopic (exact) mass is 340 g/mol. The summed E-state index contributed by atoms with van der Waals surface area (Å²) >= 11 is 0. The molecule has 7 heteroatoms. The molecule has 1 aliphatic heterocycles. The van der Waals surface area contributed by atoms with Crippen LogP contribution < -0.4 is 10.9 Å². The molecule has 3 rings (SSSR count). The van der Waals surface area contributed by atoms with Gasteiger partial charge in [0.15, 0.2) is 0 Å². The van der Waals surface area contributed by atoms with Gasteiger partial charge in [0.1, 0.15) is 6.10 Å². The number of benzene rings is 1. The first-order valence-electron chi connectivity index (χ1n) is 8.21. The molecule has 1 amide bonds. The zero-order valence-corrected chi connectivity index (χ0v) is 14.2. The predicted molar refractivity (Wildman–Crippen MR) is 94.5 cm³/mol. The lowest BCUT2D eigenvalue weighted by Gasteiger charge is -2.10. The summed E-state index contributed by atoms with van der Waals surface area (Å²) in [6, 6.07) is 10.2. The van der Waals surface area contributed by atoms with E-state index in [1.54, 1.807) is 25.2 Å². The van der Waals surface area contributed by atoms with Gasteiger partial charge < -0.3 is 10.2 Å². The highest BCUT2D eigenvalue weighted by atomic mass is 16.6. The van der Waals surface area contributed by atoms with Crippen molar-refractivity contribution in [3.63, 3.8) is 0 Å². The summed E-state index contributed by atoms with van der Waals surface area (Å²) in [6.07, 6.45) is 1.53. The molecule has 0 bridgehead atoms. The van der Waals surface area contributed by atoms with Gasteiger partial charge in [0.05, 0.1) is 18.0 Å². The highest BCUT2D eigenvalue weighted by molar-refractivity contribution is 5.94. The third-order valence-electron chi connectivity index (χ3n) is 4.10. The SMILES string of the molecule is CCC1=NO[C@H](CNC(=O)c2ccc(-c3ccc(=O)n(C)n3)cc2)C1. The number of nitrogens with zero attached hydrogens (tertiary/aromatic N) is 3. The van der Waals surface area contributed by atoms with Gasteiger partial charge in [-0.3, -0.25) is 9.59 Å².